The Balaban J connectivity index is 2.48. The summed E-state index contributed by atoms with van der Waals surface area (Å²) in [6, 6.07) is 10.5. The molecular weight excluding hydrogens is 316 g/mol. The minimum Gasteiger partial charge on any atom is -0.394 e. The molecule has 2 rings (SSSR count). The summed E-state index contributed by atoms with van der Waals surface area (Å²) in [5.74, 6) is 0. The number of rotatable bonds is 7. The zero-order valence-corrected chi connectivity index (χ0v) is 12.9. The maximum Gasteiger partial charge on any atom is 0.294 e. The predicted molar refractivity (Wildman–Crippen MR) is 89.0 cm³/mol. The smallest absolute Gasteiger partial charge is 0.294 e. The van der Waals surface area contributed by atoms with E-state index in [0.717, 1.165) is 0 Å². The first-order valence-electron chi connectivity index (χ1n) is 7.08. The summed E-state index contributed by atoms with van der Waals surface area (Å²) >= 11 is 0. The lowest BCUT2D eigenvalue weighted by Gasteiger charge is -2.26. The van der Waals surface area contributed by atoms with E-state index in [9.17, 15) is 25.3 Å². The SMILES string of the molecule is Cc1cccc([N+](=O)[O-])c1NN(CCO)c1ccccc1[N+](=O)[O-]. The molecule has 2 N–H and O–H groups in total. The summed E-state index contributed by atoms with van der Waals surface area (Å²) in [7, 11) is 0. The highest BCUT2D eigenvalue weighted by molar-refractivity contribution is 5.72. The molecule has 0 heterocycles. The van der Waals surface area contributed by atoms with E-state index >= 15 is 0 Å². The van der Waals surface area contributed by atoms with E-state index in [1.165, 1.54) is 29.3 Å². The molecule has 0 amide bonds. The molecule has 0 aliphatic carbocycles. The third-order valence-electron chi connectivity index (χ3n) is 3.39. The third-order valence-corrected chi connectivity index (χ3v) is 3.39. The summed E-state index contributed by atoms with van der Waals surface area (Å²) < 4.78 is 0. The van der Waals surface area contributed by atoms with Crippen molar-refractivity contribution in [2.24, 2.45) is 0 Å². The van der Waals surface area contributed by atoms with Crippen LogP contribution in [0.3, 0.4) is 0 Å². The molecule has 0 spiro atoms. The van der Waals surface area contributed by atoms with E-state index in [4.69, 9.17) is 0 Å². The maximum absolute atomic E-state index is 11.2. The molecule has 0 atom stereocenters. The number of aliphatic hydroxyl groups is 1. The molecule has 0 saturated heterocycles. The molecule has 0 radical (unpaired) electrons. The fourth-order valence-corrected chi connectivity index (χ4v) is 2.27. The molecule has 9 nitrogen and oxygen atoms in total. The van der Waals surface area contributed by atoms with Gasteiger partial charge in [-0.2, -0.15) is 0 Å². The van der Waals surface area contributed by atoms with Gasteiger partial charge in [-0.05, 0) is 18.6 Å². The number of anilines is 2. The number of aliphatic hydroxyl groups excluding tert-OH is 1. The fraction of sp³-hybridized carbons (Fsp3) is 0.200. The number of hydrazine groups is 1. The van der Waals surface area contributed by atoms with Crippen molar-refractivity contribution < 1.29 is 15.0 Å². The molecule has 126 valence electrons. The minimum atomic E-state index is -0.548. The lowest BCUT2D eigenvalue weighted by Crippen LogP contribution is -2.33. The Morgan fingerprint density at radius 1 is 1.04 bits per heavy atom. The lowest BCUT2D eigenvalue weighted by atomic mass is 10.1. The number of hydrogen-bond acceptors (Lipinski definition) is 7. The van der Waals surface area contributed by atoms with Gasteiger partial charge >= 0.3 is 0 Å². The summed E-state index contributed by atoms with van der Waals surface area (Å²) in [5, 5.41) is 33.0. The topological polar surface area (TPSA) is 122 Å². The van der Waals surface area contributed by atoms with Gasteiger partial charge in [-0.1, -0.05) is 24.3 Å². The highest BCUT2D eigenvalue weighted by Gasteiger charge is 2.22. The van der Waals surface area contributed by atoms with Crippen LogP contribution >= 0.6 is 0 Å². The highest BCUT2D eigenvalue weighted by atomic mass is 16.6. The van der Waals surface area contributed by atoms with Crippen LogP contribution in [0.25, 0.3) is 0 Å². The standard InChI is InChI=1S/C15H16N4O5/c1-11-5-4-8-14(19(23)24)15(11)16-17(9-10-20)12-6-2-3-7-13(12)18(21)22/h2-8,16,20H,9-10H2,1H3. The first kappa shape index (κ1) is 17.2. The van der Waals surface area contributed by atoms with Crippen LogP contribution in [0.5, 0.6) is 0 Å². The molecule has 24 heavy (non-hydrogen) atoms. The monoisotopic (exact) mass is 332 g/mol. The quantitative estimate of drug-likeness (QED) is 0.590. The van der Waals surface area contributed by atoms with Gasteiger partial charge in [-0.3, -0.25) is 30.7 Å². The van der Waals surface area contributed by atoms with Gasteiger partial charge in [0.2, 0.25) is 0 Å². The van der Waals surface area contributed by atoms with E-state index in [1.54, 1.807) is 25.1 Å². The van der Waals surface area contributed by atoms with Crippen LogP contribution in [0.2, 0.25) is 0 Å². The van der Waals surface area contributed by atoms with Crippen LogP contribution in [0.15, 0.2) is 42.5 Å². The van der Waals surface area contributed by atoms with Gasteiger partial charge in [0.25, 0.3) is 11.4 Å². The van der Waals surface area contributed by atoms with E-state index in [2.05, 4.69) is 5.43 Å². The summed E-state index contributed by atoms with van der Waals surface area (Å²) in [4.78, 5) is 21.3. The molecule has 2 aromatic rings. The normalized spacial score (nSPS) is 10.2. The molecule has 0 aromatic heterocycles. The van der Waals surface area contributed by atoms with Gasteiger partial charge in [0.1, 0.15) is 11.4 Å². The van der Waals surface area contributed by atoms with Gasteiger partial charge < -0.3 is 5.11 Å². The number of aryl methyl sites for hydroxylation is 1. The second kappa shape index (κ2) is 7.38. The molecule has 0 fully saturated rings. The Bertz CT molecular complexity index is 765. The van der Waals surface area contributed by atoms with Crippen LogP contribution in [-0.2, 0) is 0 Å². The predicted octanol–water partition coefficient (Wildman–Crippen LogP) is 2.64. The van der Waals surface area contributed by atoms with E-state index in [1.807, 2.05) is 0 Å². The summed E-state index contributed by atoms with van der Waals surface area (Å²) in [5.41, 5.74) is 3.53. The molecule has 2 aromatic carbocycles. The van der Waals surface area contributed by atoms with Crippen molar-refractivity contribution in [1.29, 1.82) is 0 Å². The van der Waals surface area contributed by atoms with E-state index < -0.39 is 9.85 Å². The number of nitrogens with zero attached hydrogens (tertiary/aromatic N) is 3. The summed E-state index contributed by atoms with van der Waals surface area (Å²) in [6.07, 6.45) is 0. The number of nitrogens with one attached hydrogen (secondary N) is 1. The number of nitro groups is 2. The number of hydrogen-bond donors (Lipinski definition) is 2. The second-order valence-corrected chi connectivity index (χ2v) is 4.96. The molecule has 0 saturated carbocycles. The Kier molecular flexibility index (Phi) is 5.27. The fourth-order valence-electron chi connectivity index (χ4n) is 2.27. The molecular formula is C15H16N4O5. The van der Waals surface area contributed by atoms with Crippen LogP contribution in [0.1, 0.15) is 5.56 Å². The molecule has 0 bridgehead atoms. The lowest BCUT2D eigenvalue weighted by molar-refractivity contribution is -0.384. The van der Waals surface area contributed by atoms with Crippen molar-refractivity contribution in [3.63, 3.8) is 0 Å². The Morgan fingerprint density at radius 2 is 1.67 bits per heavy atom. The van der Waals surface area contributed by atoms with Crippen LogP contribution in [-0.4, -0.2) is 28.1 Å². The van der Waals surface area contributed by atoms with Crippen molar-refractivity contribution in [2.45, 2.75) is 6.92 Å². The maximum atomic E-state index is 11.2. The van der Waals surface area contributed by atoms with Crippen LogP contribution in [0, 0.1) is 27.2 Å². The number of para-hydroxylation sites is 3. The zero-order chi connectivity index (χ0) is 17.7. The number of nitro benzene ring substituents is 2. The van der Waals surface area contributed by atoms with Gasteiger partial charge in [0, 0.05) is 12.1 Å². The summed E-state index contributed by atoms with van der Waals surface area (Å²) in [6.45, 7) is 1.40. The van der Waals surface area contributed by atoms with Crippen molar-refractivity contribution in [2.75, 3.05) is 23.6 Å². The average Bonchev–Trinajstić information content (AvgIpc) is 2.55. The van der Waals surface area contributed by atoms with Gasteiger partial charge in [-0.15, -0.1) is 0 Å². The Labute approximate surface area is 137 Å². The third kappa shape index (κ3) is 3.58. The Morgan fingerprint density at radius 3 is 2.29 bits per heavy atom. The first-order chi connectivity index (χ1) is 11.5. The highest BCUT2D eigenvalue weighted by Crippen LogP contribution is 2.32. The minimum absolute atomic E-state index is 0.0103. The van der Waals surface area contributed by atoms with Gasteiger partial charge in [0.15, 0.2) is 0 Å². The molecule has 0 aliphatic heterocycles. The Hall–Kier alpha value is -3.20. The van der Waals surface area contributed by atoms with Gasteiger partial charge in [0.05, 0.1) is 23.0 Å². The molecule has 0 unspecified atom stereocenters. The van der Waals surface area contributed by atoms with Crippen molar-refractivity contribution in [3.8, 4) is 0 Å². The first-order valence-corrected chi connectivity index (χ1v) is 7.08. The van der Waals surface area contributed by atoms with Crippen molar-refractivity contribution in [3.05, 3.63) is 68.3 Å². The van der Waals surface area contributed by atoms with Crippen molar-refractivity contribution >= 4 is 22.7 Å². The zero-order valence-electron chi connectivity index (χ0n) is 12.9. The average molecular weight is 332 g/mol. The molecule has 0 aliphatic rings. The van der Waals surface area contributed by atoms with Crippen LogP contribution < -0.4 is 10.4 Å². The number of benzene rings is 2. The van der Waals surface area contributed by atoms with Crippen LogP contribution in [0.4, 0.5) is 22.7 Å². The van der Waals surface area contributed by atoms with Crippen molar-refractivity contribution in [1.82, 2.24) is 0 Å². The second-order valence-electron chi connectivity index (χ2n) is 4.96. The van der Waals surface area contributed by atoms with E-state index in [0.29, 0.717) is 5.56 Å². The molecule has 9 heteroatoms. The van der Waals surface area contributed by atoms with E-state index in [-0.39, 0.29) is 35.9 Å². The van der Waals surface area contributed by atoms with Gasteiger partial charge in [-0.25, -0.2) is 0 Å². The largest absolute Gasteiger partial charge is 0.394 e.